The van der Waals surface area contributed by atoms with E-state index >= 15 is 0 Å². The number of rotatable bonds is 4. The number of fused-ring (bicyclic) bond motifs is 1. The van der Waals surface area contributed by atoms with Gasteiger partial charge in [0.1, 0.15) is 11.3 Å². The lowest BCUT2D eigenvalue weighted by Crippen LogP contribution is -2.39. The quantitative estimate of drug-likeness (QED) is 0.610. The topological polar surface area (TPSA) is 101 Å². The zero-order valence-corrected chi connectivity index (χ0v) is 17.3. The van der Waals surface area contributed by atoms with Crippen LogP contribution in [0.1, 0.15) is 41.7 Å². The van der Waals surface area contributed by atoms with Crippen LogP contribution in [0, 0.1) is 5.92 Å². The number of amides is 2. The van der Waals surface area contributed by atoms with Crippen LogP contribution in [0.25, 0.3) is 5.65 Å². The summed E-state index contributed by atoms with van der Waals surface area (Å²) in [6.45, 7) is 0. The summed E-state index contributed by atoms with van der Waals surface area (Å²) in [6.07, 6.45) is 3.19. The largest absolute Gasteiger partial charge is 0.433 e. The van der Waals surface area contributed by atoms with Crippen molar-refractivity contribution >= 4 is 34.7 Å². The molecule has 0 unspecified atom stereocenters. The molecule has 0 bridgehead atoms. The molecule has 168 valence electrons. The van der Waals surface area contributed by atoms with E-state index < -0.39 is 11.9 Å². The fraction of sp³-hybridized carbons (Fsp3) is 0.350. The molecule has 0 aromatic carbocycles. The van der Waals surface area contributed by atoms with E-state index in [2.05, 4.69) is 25.7 Å². The summed E-state index contributed by atoms with van der Waals surface area (Å²) >= 11 is 5.88. The average Bonchev–Trinajstić information content (AvgIpc) is 3.19. The molecule has 1 aliphatic rings. The Bertz CT molecular complexity index is 1160. The van der Waals surface area contributed by atoms with Gasteiger partial charge in [0.05, 0.1) is 23.1 Å². The van der Waals surface area contributed by atoms with E-state index in [1.807, 2.05) is 0 Å². The highest BCUT2D eigenvalue weighted by Crippen LogP contribution is 2.32. The van der Waals surface area contributed by atoms with Crippen molar-refractivity contribution in [3.05, 3.63) is 53.2 Å². The van der Waals surface area contributed by atoms with E-state index in [1.165, 1.54) is 10.7 Å². The third-order valence-corrected chi connectivity index (χ3v) is 5.67. The van der Waals surface area contributed by atoms with Gasteiger partial charge in [-0.15, -0.1) is 0 Å². The van der Waals surface area contributed by atoms with E-state index in [-0.39, 0.29) is 34.5 Å². The first kappa shape index (κ1) is 22.0. The first-order chi connectivity index (χ1) is 15.2. The number of nitrogens with one attached hydrogen (secondary N) is 2. The van der Waals surface area contributed by atoms with E-state index in [0.717, 1.165) is 6.20 Å². The highest BCUT2D eigenvalue weighted by Gasteiger charge is 2.33. The van der Waals surface area contributed by atoms with Crippen molar-refractivity contribution in [3.63, 3.8) is 0 Å². The van der Waals surface area contributed by atoms with Crippen molar-refractivity contribution in [3.8, 4) is 0 Å². The molecule has 12 heteroatoms. The number of halogens is 4. The van der Waals surface area contributed by atoms with Gasteiger partial charge in [0.25, 0.3) is 5.91 Å². The molecule has 0 atom stereocenters. The summed E-state index contributed by atoms with van der Waals surface area (Å²) < 4.78 is 39.6. The van der Waals surface area contributed by atoms with Crippen LogP contribution in [0.5, 0.6) is 0 Å². The van der Waals surface area contributed by atoms with Gasteiger partial charge < -0.3 is 10.6 Å². The second-order valence-corrected chi connectivity index (χ2v) is 7.91. The van der Waals surface area contributed by atoms with Gasteiger partial charge in [-0.3, -0.25) is 9.59 Å². The number of aromatic nitrogens is 4. The third-order valence-electron chi connectivity index (χ3n) is 5.36. The molecule has 3 aromatic rings. The van der Waals surface area contributed by atoms with Crippen LogP contribution in [0.15, 0.2) is 36.9 Å². The molecule has 3 heterocycles. The van der Waals surface area contributed by atoms with Gasteiger partial charge in [-0.05, 0) is 37.8 Å². The first-order valence-corrected chi connectivity index (χ1v) is 10.2. The number of pyridine rings is 1. The van der Waals surface area contributed by atoms with Crippen molar-refractivity contribution in [2.24, 2.45) is 5.92 Å². The van der Waals surface area contributed by atoms with Crippen molar-refractivity contribution in [2.75, 3.05) is 5.32 Å². The van der Waals surface area contributed by atoms with Crippen LogP contribution in [0.2, 0.25) is 5.02 Å². The molecule has 2 N–H and O–H groups in total. The number of hydrogen-bond donors (Lipinski definition) is 2. The van der Waals surface area contributed by atoms with Crippen molar-refractivity contribution in [1.29, 1.82) is 0 Å². The minimum Gasteiger partial charge on any atom is -0.349 e. The maximum atomic E-state index is 12.7. The van der Waals surface area contributed by atoms with Gasteiger partial charge >= 0.3 is 6.18 Å². The Hall–Kier alpha value is -3.21. The minimum absolute atomic E-state index is 0.0284. The maximum Gasteiger partial charge on any atom is 0.433 e. The molecule has 8 nitrogen and oxygen atoms in total. The van der Waals surface area contributed by atoms with Crippen LogP contribution < -0.4 is 10.6 Å². The lowest BCUT2D eigenvalue weighted by Gasteiger charge is -2.28. The second kappa shape index (κ2) is 8.73. The minimum atomic E-state index is -4.62. The van der Waals surface area contributed by atoms with Gasteiger partial charge in [-0.2, -0.15) is 18.3 Å². The maximum absolute atomic E-state index is 12.7. The summed E-state index contributed by atoms with van der Waals surface area (Å²) in [6, 6.07) is 2.28. The molecule has 0 spiro atoms. The van der Waals surface area contributed by atoms with Crippen LogP contribution in [0.3, 0.4) is 0 Å². The number of hydrogen-bond acceptors (Lipinski definition) is 5. The van der Waals surface area contributed by atoms with E-state index in [0.29, 0.717) is 43.0 Å². The van der Waals surface area contributed by atoms with Crippen LogP contribution in [-0.4, -0.2) is 37.4 Å². The predicted octanol–water partition coefficient (Wildman–Crippen LogP) is 3.72. The second-order valence-electron chi connectivity index (χ2n) is 7.50. The first-order valence-electron chi connectivity index (χ1n) is 9.85. The molecule has 4 rings (SSSR count). The summed E-state index contributed by atoms with van der Waals surface area (Å²) in [4.78, 5) is 32.6. The Labute approximate surface area is 185 Å². The molecule has 0 saturated heterocycles. The molecular weight excluding hydrogens is 449 g/mol. The summed E-state index contributed by atoms with van der Waals surface area (Å²) in [7, 11) is 0. The lowest BCUT2D eigenvalue weighted by molar-refractivity contribution is -0.141. The Balaban J connectivity index is 1.31. The number of carbonyl (C=O) groups excluding carboxylic acids is 2. The van der Waals surface area contributed by atoms with Crippen molar-refractivity contribution < 1.29 is 22.8 Å². The number of anilines is 1. The standard InChI is InChI=1S/C20H18ClF3N6O2/c21-14-8-16(20(22,23)24)26-10-15(14)29-18(31)11-2-4-12(5-3-11)28-19(32)13-9-27-30-7-1-6-25-17(13)30/h1,6-12H,2-5H2,(H,28,32)(H,29,31)/t11-,12-. The molecule has 1 fully saturated rings. The fourth-order valence-corrected chi connectivity index (χ4v) is 3.86. The highest BCUT2D eigenvalue weighted by atomic mass is 35.5. The van der Waals surface area contributed by atoms with Gasteiger partial charge in [-0.1, -0.05) is 11.6 Å². The lowest BCUT2D eigenvalue weighted by atomic mass is 9.85. The summed E-state index contributed by atoms with van der Waals surface area (Å²) in [5.74, 6) is -0.973. The number of alkyl halides is 3. The summed E-state index contributed by atoms with van der Waals surface area (Å²) in [5, 5.41) is 9.36. The fourth-order valence-electron chi connectivity index (χ4n) is 3.66. The zero-order valence-electron chi connectivity index (χ0n) is 16.6. The Morgan fingerprint density at radius 3 is 2.56 bits per heavy atom. The Kier molecular flexibility index (Phi) is 6.00. The normalized spacial score (nSPS) is 19.0. The van der Waals surface area contributed by atoms with Gasteiger partial charge in [0, 0.05) is 24.4 Å². The molecule has 0 radical (unpaired) electrons. The van der Waals surface area contributed by atoms with Gasteiger partial charge in [0.2, 0.25) is 5.91 Å². The predicted molar refractivity (Wildman–Crippen MR) is 109 cm³/mol. The Morgan fingerprint density at radius 1 is 1.12 bits per heavy atom. The van der Waals surface area contributed by atoms with Crippen LogP contribution in [0.4, 0.5) is 18.9 Å². The molecule has 1 saturated carbocycles. The van der Waals surface area contributed by atoms with Crippen molar-refractivity contribution in [1.82, 2.24) is 24.9 Å². The monoisotopic (exact) mass is 466 g/mol. The average molecular weight is 467 g/mol. The zero-order chi connectivity index (χ0) is 22.9. The molecular formula is C20H18ClF3N6O2. The van der Waals surface area contributed by atoms with Crippen molar-refractivity contribution in [2.45, 2.75) is 37.9 Å². The van der Waals surface area contributed by atoms with Crippen LogP contribution >= 0.6 is 11.6 Å². The Morgan fingerprint density at radius 2 is 1.88 bits per heavy atom. The van der Waals surface area contributed by atoms with Crippen LogP contribution in [-0.2, 0) is 11.0 Å². The smallest absolute Gasteiger partial charge is 0.349 e. The molecule has 3 aromatic heterocycles. The van der Waals surface area contributed by atoms with E-state index in [4.69, 9.17) is 11.6 Å². The number of carbonyl (C=O) groups is 2. The highest BCUT2D eigenvalue weighted by molar-refractivity contribution is 6.33. The number of nitrogens with zero attached hydrogens (tertiary/aromatic N) is 4. The third kappa shape index (κ3) is 4.67. The van der Waals surface area contributed by atoms with E-state index in [1.54, 1.807) is 18.5 Å². The molecule has 32 heavy (non-hydrogen) atoms. The molecule has 1 aliphatic carbocycles. The van der Waals surface area contributed by atoms with Gasteiger partial charge in [0.15, 0.2) is 5.65 Å². The van der Waals surface area contributed by atoms with Gasteiger partial charge in [-0.25, -0.2) is 14.5 Å². The molecule has 2 amide bonds. The SMILES string of the molecule is O=C(N[C@H]1CC[C@H](C(=O)Nc2cnc(C(F)(F)F)cc2Cl)CC1)c1cnn2cccnc12. The summed E-state index contributed by atoms with van der Waals surface area (Å²) in [5.41, 5.74) is -0.270. The van der Waals surface area contributed by atoms with E-state index in [9.17, 15) is 22.8 Å². The molecule has 0 aliphatic heterocycles.